The standard InChI is InChI=1S/C18H21FN2O3/c1-11-5-15(19)4-3-13(11)8-18(22)20-17-10-23-9-14(17)7-16-6-12(2)21-24-16/h3-6,14,17H,7-10H2,1-2H3,(H,20,22)/t14-,17+/m1/s1. The fraction of sp³-hybridized carbons (Fsp3) is 0.444. The maximum absolute atomic E-state index is 13.1. The highest BCUT2D eigenvalue weighted by Gasteiger charge is 2.30. The van der Waals surface area contributed by atoms with E-state index in [1.165, 1.54) is 12.1 Å². The Bertz CT molecular complexity index is 729. The van der Waals surface area contributed by atoms with E-state index in [2.05, 4.69) is 10.5 Å². The Balaban J connectivity index is 1.58. The summed E-state index contributed by atoms with van der Waals surface area (Å²) in [5.41, 5.74) is 2.45. The van der Waals surface area contributed by atoms with Crippen LogP contribution in [0, 0.1) is 25.6 Å². The van der Waals surface area contributed by atoms with Gasteiger partial charge in [-0.1, -0.05) is 11.2 Å². The van der Waals surface area contributed by atoms with Crippen LogP contribution in [0.5, 0.6) is 0 Å². The highest BCUT2D eigenvalue weighted by molar-refractivity contribution is 5.79. The van der Waals surface area contributed by atoms with E-state index < -0.39 is 0 Å². The van der Waals surface area contributed by atoms with Crippen molar-refractivity contribution in [3.8, 4) is 0 Å². The van der Waals surface area contributed by atoms with Gasteiger partial charge in [0.25, 0.3) is 0 Å². The van der Waals surface area contributed by atoms with E-state index in [1.807, 2.05) is 13.0 Å². The smallest absolute Gasteiger partial charge is 0.224 e. The largest absolute Gasteiger partial charge is 0.379 e. The predicted octanol–water partition coefficient (Wildman–Crippen LogP) is 2.35. The van der Waals surface area contributed by atoms with E-state index in [9.17, 15) is 9.18 Å². The van der Waals surface area contributed by atoms with Gasteiger partial charge in [-0.05, 0) is 37.1 Å². The lowest BCUT2D eigenvalue weighted by atomic mass is 9.97. The number of benzene rings is 1. The van der Waals surface area contributed by atoms with Crippen LogP contribution in [0.4, 0.5) is 4.39 Å². The molecule has 24 heavy (non-hydrogen) atoms. The SMILES string of the molecule is Cc1cc(C[C@@H]2COC[C@@H]2NC(=O)Cc2ccc(F)cc2C)on1. The predicted molar refractivity (Wildman–Crippen MR) is 86.0 cm³/mol. The second-order valence-corrected chi connectivity index (χ2v) is 6.36. The number of carbonyl (C=O) groups excluding carboxylic acids is 1. The van der Waals surface area contributed by atoms with Crippen LogP contribution in [0.15, 0.2) is 28.8 Å². The van der Waals surface area contributed by atoms with Crippen molar-refractivity contribution in [1.29, 1.82) is 0 Å². The van der Waals surface area contributed by atoms with Crippen LogP contribution in [-0.4, -0.2) is 30.3 Å². The Kier molecular flexibility index (Phi) is 4.94. The minimum Gasteiger partial charge on any atom is -0.379 e. The topological polar surface area (TPSA) is 64.4 Å². The number of nitrogens with one attached hydrogen (secondary N) is 1. The summed E-state index contributed by atoms with van der Waals surface area (Å²) in [7, 11) is 0. The van der Waals surface area contributed by atoms with Gasteiger partial charge in [-0.3, -0.25) is 4.79 Å². The molecule has 2 atom stereocenters. The molecule has 1 aromatic heterocycles. The molecule has 1 aliphatic rings. The molecule has 1 aliphatic heterocycles. The molecule has 0 bridgehead atoms. The Hall–Kier alpha value is -2.21. The molecule has 128 valence electrons. The summed E-state index contributed by atoms with van der Waals surface area (Å²) in [6.07, 6.45) is 0.915. The van der Waals surface area contributed by atoms with Crippen molar-refractivity contribution >= 4 is 5.91 Å². The third-order valence-electron chi connectivity index (χ3n) is 4.34. The van der Waals surface area contributed by atoms with E-state index >= 15 is 0 Å². The van der Waals surface area contributed by atoms with E-state index in [4.69, 9.17) is 9.26 Å². The Morgan fingerprint density at radius 1 is 1.33 bits per heavy atom. The number of hydrogen-bond acceptors (Lipinski definition) is 4. The lowest BCUT2D eigenvalue weighted by Gasteiger charge is -2.18. The summed E-state index contributed by atoms with van der Waals surface area (Å²) < 4.78 is 23.9. The van der Waals surface area contributed by atoms with E-state index in [0.29, 0.717) is 19.6 Å². The van der Waals surface area contributed by atoms with Gasteiger partial charge in [-0.2, -0.15) is 0 Å². The zero-order valence-corrected chi connectivity index (χ0v) is 13.8. The Labute approximate surface area is 140 Å². The van der Waals surface area contributed by atoms with Gasteiger partial charge in [0.05, 0.1) is 31.4 Å². The van der Waals surface area contributed by atoms with Crippen LogP contribution in [0.2, 0.25) is 0 Å². The molecule has 0 saturated carbocycles. The summed E-state index contributed by atoms with van der Waals surface area (Å²) in [5, 5.41) is 6.91. The fourth-order valence-corrected chi connectivity index (χ4v) is 3.02. The molecule has 1 aromatic carbocycles. The van der Waals surface area contributed by atoms with Gasteiger partial charge >= 0.3 is 0 Å². The van der Waals surface area contributed by atoms with Crippen LogP contribution in [0.1, 0.15) is 22.6 Å². The molecule has 0 aliphatic carbocycles. The van der Waals surface area contributed by atoms with E-state index in [0.717, 1.165) is 22.6 Å². The molecule has 6 heteroatoms. The minimum absolute atomic E-state index is 0.0522. The quantitative estimate of drug-likeness (QED) is 0.913. The molecule has 0 spiro atoms. The average Bonchev–Trinajstić information content (AvgIpc) is 3.12. The second kappa shape index (κ2) is 7.13. The molecule has 1 N–H and O–H groups in total. The highest BCUT2D eigenvalue weighted by atomic mass is 19.1. The number of ether oxygens (including phenoxy) is 1. The van der Waals surface area contributed by atoms with Gasteiger partial charge in [-0.25, -0.2) is 4.39 Å². The van der Waals surface area contributed by atoms with Gasteiger partial charge in [0, 0.05) is 18.4 Å². The third kappa shape index (κ3) is 4.00. The van der Waals surface area contributed by atoms with Crippen molar-refractivity contribution in [1.82, 2.24) is 10.5 Å². The van der Waals surface area contributed by atoms with Crippen LogP contribution in [0.3, 0.4) is 0 Å². The molecule has 0 unspecified atom stereocenters. The number of aryl methyl sites for hydroxylation is 2. The van der Waals surface area contributed by atoms with E-state index in [-0.39, 0.29) is 30.1 Å². The maximum atomic E-state index is 13.1. The highest BCUT2D eigenvalue weighted by Crippen LogP contribution is 2.20. The zero-order valence-electron chi connectivity index (χ0n) is 13.8. The molecule has 1 fully saturated rings. The first kappa shape index (κ1) is 16.6. The molecule has 2 aromatic rings. The van der Waals surface area contributed by atoms with Gasteiger partial charge < -0.3 is 14.6 Å². The van der Waals surface area contributed by atoms with Crippen molar-refractivity contribution in [2.24, 2.45) is 5.92 Å². The van der Waals surface area contributed by atoms with Gasteiger partial charge in [-0.15, -0.1) is 0 Å². The number of hydrogen-bond donors (Lipinski definition) is 1. The number of rotatable bonds is 5. The van der Waals surface area contributed by atoms with Crippen molar-refractivity contribution in [3.63, 3.8) is 0 Å². The molecule has 1 saturated heterocycles. The normalized spacial score (nSPS) is 20.3. The van der Waals surface area contributed by atoms with Crippen LogP contribution in [-0.2, 0) is 22.4 Å². The summed E-state index contributed by atoms with van der Waals surface area (Å²) in [6, 6.07) is 6.33. The fourth-order valence-electron chi connectivity index (χ4n) is 3.02. The Morgan fingerprint density at radius 3 is 2.88 bits per heavy atom. The summed E-state index contributed by atoms with van der Waals surface area (Å²) in [4.78, 5) is 12.3. The zero-order chi connectivity index (χ0) is 17.1. The lowest BCUT2D eigenvalue weighted by Crippen LogP contribution is -2.41. The molecule has 0 radical (unpaired) electrons. The summed E-state index contributed by atoms with van der Waals surface area (Å²) >= 11 is 0. The Morgan fingerprint density at radius 2 is 2.17 bits per heavy atom. The number of amides is 1. The van der Waals surface area contributed by atoms with Gasteiger partial charge in [0.2, 0.25) is 5.91 Å². The number of halogens is 1. The monoisotopic (exact) mass is 332 g/mol. The summed E-state index contributed by atoms with van der Waals surface area (Å²) in [6.45, 7) is 4.76. The van der Waals surface area contributed by atoms with E-state index in [1.54, 1.807) is 13.0 Å². The number of aromatic nitrogens is 1. The number of carbonyl (C=O) groups is 1. The van der Waals surface area contributed by atoms with Crippen LogP contribution < -0.4 is 5.32 Å². The third-order valence-corrected chi connectivity index (χ3v) is 4.34. The van der Waals surface area contributed by atoms with Crippen LogP contribution >= 0.6 is 0 Å². The molecular formula is C18H21FN2O3. The first-order chi connectivity index (χ1) is 11.5. The van der Waals surface area contributed by atoms with Gasteiger partial charge in [0.1, 0.15) is 11.6 Å². The van der Waals surface area contributed by atoms with Crippen LogP contribution in [0.25, 0.3) is 0 Å². The van der Waals surface area contributed by atoms with Crippen molar-refractivity contribution in [3.05, 3.63) is 52.7 Å². The minimum atomic E-state index is -0.289. The first-order valence-electron chi connectivity index (χ1n) is 8.05. The van der Waals surface area contributed by atoms with Crippen molar-refractivity contribution in [2.75, 3.05) is 13.2 Å². The molecule has 1 amide bonds. The maximum Gasteiger partial charge on any atom is 0.224 e. The van der Waals surface area contributed by atoms with Gasteiger partial charge in [0.15, 0.2) is 0 Å². The van der Waals surface area contributed by atoms with Crippen molar-refractivity contribution < 1.29 is 18.4 Å². The molecule has 2 heterocycles. The molecule has 3 rings (SSSR count). The van der Waals surface area contributed by atoms with Crippen molar-refractivity contribution in [2.45, 2.75) is 32.7 Å². The number of nitrogens with zero attached hydrogens (tertiary/aromatic N) is 1. The summed E-state index contributed by atoms with van der Waals surface area (Å²) in [5.74, 6) is 0.592. The average molecular weight is 332 g/mol. The molecular weight excluding hydrogens is 311 g/mol. The lowest BCUT2D eigenvalue weighted by molar-refractivity contribution is -0.121. The second-order valence-electron chi connectivity index (χ2n) is 6.36. The first-order valence-corrected chi connectivity index (χ1v) is 8.05. The molecule has 5 nitrogen and oxygen atoms in total.